The lowest BCUT2D eigenvalue weighted by atomic mass is 10.1. The fraction of sp³-hybridized carbons (Fsp3) is 0.625. The van der Waals surface area contributed by atoms with Gasteiger partial charge in [0.05, 0.1) is 12.2 Å². The van der Waals surface area contributed by atoms with Crippen molar-refractivity contribution in [2.45, 2.75) is 64.5 Å². The van der Waals surface area contributed by atoms with E-state index in [0.717, 1.165) is 19.3 Å². The van der Waals surface area contributed by atoms with Crippen LogP contribution in [0.4, 0.5) is 0 Å². The molecule has 0 aliphatic rings. The van der Waals surface area contributed by atoms with Gasteiger partial charge in [0.15, 0.2) is 0 Å². The van der Waals surface area contributed by atoms with Crippen LogP contribution in [0, 0.1) is 11.5 Å². The molecule has 2 unspecified atom stereocenters. The molecule has 0 bridgehead atoms. The topological polar surface area (TPSA) is 40.5 Å². The van der Waals surface area contributed by atoms with E-state index < -0.39 is 20.3 Å². The van der Waals surface area contributed by atoms with Crippen LogP contribution in [0.15, 0.2) is 24.3 Å². The number of aliphatic hydroxyl groups excluding tert-OH is 2. The molecule has 2 nitrogen and oxygen atoms in total. The van der Waals surface area contributed by atoms with Crippen LogP contribution in [0.2, 0.25) is 19.6 Å². The van der Waals surface area contributed by atoms with E-state index in [1.807, 2.05) is 0 Å². The first kappa shape index (κ1) is 18.2. The van der Waals surface area contributed by atoms with E-state index in [0.29, 0.717) is 6.42 Å². The average molecular weight is 280 g/mol. The highest BCUT2D eigenvalue weighted by Crippen LogP contribution is 2.07. The zero-order valence-corrected chi connectivity index (χ0v) is 13.7. The molecule has 0 rings (SSSR count). The normalized spacial score (nSPS) is 15.5. The number of aliphatic hydroxyl groups is 2. The molecule has 2 N–H and O–H groups in total. The summed E-state index contributed by atoms with van der Waals surface area (Å²) in [5, 5.41) is 19.4. The van der Waals surface area contributed by atoms with E-state index in [-0.39, 0.29) is 0 Å². The lowest BCUT2D eigenvalue weighted by molar-refractivity contribution is 0.0415. The van der Waals surface area contributed by atoms with E-state index in [9.17, 15) is 10.2 Å². The van der Waals surface area contributed by atoms with Crippen molar-refractivity contribution in [1.29, 1.82) is 0 Å². The summed E-state index contributed by atoms with van der Waals surface area (Å²) in [6.45, 7) is 8.70. The van der Waals surface area contributed by atoms with Gasteiger partial charge < -0.3 is 10.2 Å². The van der Waals surface area contributed by atoms with Crippen LogP contribution < -0.4 is 0 Å². The monoisotopic (exact) mass is 280 g/mol. The SMILES string of the molecule is CCCCCC(O)C(O)/C=C/C=C/C#C[Si](C)(C)C. The Hall–Kier alpha value is -0.823. The highest BCUT2D eigenvalue weighted by molar-refractivity contribution is 6.83. The van der Waals surface area contributed by atoms with Crippen molar-refractivity contribution in [2.75, 3.05) is 0 Å². The molecule has 0 radical (unpaired) electrons. The summed E-state index contributed by atoms with van der Waals surface area (Å²) in [5.74, 6) is 3.01. The predicted molar refractivity (Wildman–Crippen MR) is 85.6 cm³/mol. The van der Waals surface area contributed by atoms with E-state index in [2.05, 4.69) is 38.0 Å². The molecule has 0 spiro atoms. The molecule has 0 aromatic carbocycles. The average Bonchev–Trinajstić information content (AvgIpc) is 2.32. The van der Waals surface area contributed by atoms with Crippen LogP contribution >= 0.6 is 0 Å². The second-order valence-electron chi connectivity index (χ2n) is 5.82. The first-order valence-corrected chi connectivity index (χ1v) is 10.6. The van der Waals surface area contributed by atoms with Crippen LogP contribution in [0.3, 0.4) is 0 Å². The van der Waals surface area contributed by atoms with E-state index in [1.165, 1.54) is 0 Å². The van der Waals surface area contributed by atoms with Gasteiger partial charge in [-0.15, -0.1) is 5.54 Å². The molecule has 0 aliphatic carbocycles. The number of hydrogen-bond donors (Lipinski definition) is 2. The van der Waals surface area contributed by atoms with Crippen LogP contribution in [0.5, 0.6) is 0 Å². The Morgan fingerprint density at radius 2 is 1.79 bits per heavy atom. The number of rotatable bonds is 7. The van der Waals surface area contributed by atoms with Gasteiger partial charge in [0.2, 0.25) is 0 Å². The Morgan fingerprint density at radius 3 is 2.37 bits per heavy atom. The Bertz CT molecular complexity index is 342. The first-order chi connectivity index (χ1) is 8.87. The highest BCUT2D eigenvalue weighted by Gasteiger charge is 2.11. The summed E-state index contributed by atoms with van der Waals surface area (Å²) in [6.07, 6.45) is 9.32. The number of allylic oxidation sites excluding steroid dienone is 3. The minimum Gasteiger partial charge on any atom is -0.390 e. The summed E-state index contributed by atoms with van der Waals surface area (Å²) in [5.41, 5.74) is 3.22. The fourth-order valence-corrected chi connectivity index (χ4v) is 1.96. The van der Waals surface area contributed by atoms with Crippen LogP contribution in [0.1, 0.15) is 32.6 Å². The maximum atomic E-state index is 9.71. The molecule has 0 fully saturated rings. The molecule has 19 heavy (non-hydrogen) atoms. The third-order valence-corrected chi connectivity index (χ3v) is 3.44. The van der Waals surface area contributed by atoms with Crippen molar-refractivity contribution in [1.82, 2.24) is 0 Å². The minimum absolute atomic E-state index is 0.651. The Morgan fingerprint density at radius 1 is 1.11 bits per heavy atom. The van der Waals surface area contributed by atoms with Gasteiger partial charge in [-0.1, -0.05) is 70.0 Å². The summed E-state index contributed by atoms with van der Waals surface area (Å²) in [4.78, 5) is 0. The van der Waals surface area contributed by atoms with Crippen LogP contribution in [-0.2, 0) is 0 Å². The third-order valence-electron chi connectivity index (χ3n) is 2.54. The van der Waals surface area contributed by atoms with Gasteiger partial charge in [0.1, 0.15) is 8.07 Å². The van der Waals surface area contributed by atoms with Gasteiger partial charge in [-0.3, -0.25) is 0 Å². The van der Waals surface area contributed by atoms with Gasteiger partial charge in [0.25, 0.3) is 0 Å². The standard InChI is InChI=1S/C16H28O2Si/c1-5-6-9-12-15(17)16(18)13-10-7-8-11-14-19(2,3)4/h7-8,10,13,15-18H,5-6,9,12H2,1-4H3/b8-7+,13-10+. The smallest absolute Gasteiger partial charge is 0.129 e. The molecule has 0 amide bonds. The Kier molecular flexibility index (Phi) is 9.59. The Labute approximate surface area is 119 Å². The lowest BCUT2D eigenvalue weighted by Crippen LogP contribution is -2.23. The van der Waals surface area contributed by atoms with Gasteiger partial charge >= 0.3 is 0 Å². The molecule has 0 aromatic heterocycles. The largest absolute Gasteiger partial charge is 0.390 e. The quantitative estimate of drug-likeness (QED) is 0.325. The van der Waals surface area contributed by atoms with Gasteiger partial charge in [-0.05, 0) is 12.5 Å². The molecule has 0 saturated carbocycles. The fourth-order valence-electron chi connectivity index (χ4n) is 1.44. The molecule has 2 atom stereocenters. The summed E-state index contributed by atoms with van der Waals surface area (Å²) >= 11 is 0. The molecule has 0 saturated heterocycles. The van der Waals surface area contributed by atoms with Crippen molar-refractivity contribution in [3.8, 4) is 11.5 Å². The molecule has 0 aliphatic heterocycles. The van der Waals surface area contributed by atoms with Crippen molar-refractivity contribution < 1.29 is 10.2 Å². The minimum atomic E-state index is -1.30. The predicted octanol–water partition coefficient (Wildman–Crippen LogP) is 3.28. The molecule has 108 valence electrons. The molecule has 0 heterocycles. The van der Waals surface area contributed by atoms with E-state index in [4.69, 9.17) is 0 Å². The van der Waals surface area contributed by atoms with Crippen molar-refractivity contribution >= 4 is 8.07 Å². The van der Waals surface area contributed by atoms with E-state index in [1.54, 1.807) is 24.3 Å². The van der Waals surface area contributed by atoms with Crippen LogP contribution in [-0.4, -0.2) is 30.5 Å². The maximum absolute atomic E-state index is 9.71. The van der Waals surface area contributed by atoms with Crippen molar-refractivity contribution in [3.05, 3.63) is 24.3 Å². The maximum Gasteiger partial charge on any atom is 0.129 e. The highest BCUT2D eigenvalue weighted by atomic mass is 28.3. The summed E-state index contributed by atoms with van der Waals surface area (Å²) in [7, 11) is -1.30. The zero-order chi connectivity index (χ0) is 14.7. The second-order valence-corrected chi connectivity index (χ2v) is 10.6. The summed E-state index contributed by atoms with van der Waals surface area (Å²) < 4.78 is 0. The lowest BCUT2D eigenvalue weighted by Gasteiger charge is -2.13. The van der Waals surface area contributed by atoms with Crippen molar-refractivity contribution in [2.24, 2.45) is 0 Å². The van der Waals surface area contributed by atoms with Gasteiger partial charge in [0, 0.05) is 0 Å². The molecule has 0 aromatic rings. The molecule has 3 heteroatoms. The van der Waals surface area contributed by atoms with Crippen LogP contribution in [0.25, 0.3) is 0 Å². The summed E-state index contributed by atoms with van der Waals surface area (Å²) in [6, 6.07) is 0. The van der Waals surface area contributed by atoms with Gasteiger partial charge in [-0.25, -0.2) is 0 Å². The Balaban J connectivity index is 4.03. The van der Waals surface area contributed by atoms with E-state index >= 15 is 0 Å². The van der Waals surface area contributed by atoms with Crippen molar-refractivity contribution in [3.63, 3.8) is 0 Å². The number of unbranched alkanes of at least 4 members (excludes halogenated alkanes) is 2. The third kappa shape index (κ3) is 12.0. The first-order valence-electron chi connectivity index (χ1n) is 7.09. The molecular formula is C16H28O2Si. The zero-order valence-electron chi connectivity index (χ0n) is 12.7. The van der Waals surface area contributed by atoms with Gasteiger partial charge in [-0.2, -0.15) is 0 Å². The second kappa shape index (κ2) is 10.0. The number of hydrogen-bond acceptors (Lipinski definition) is 2. The molecular weight excluding hydrogens is 252 g/mol.